The summed E-state index contributed by atoms with van der Waals surface area (Å²) in [7, 11) is 0. The molecule has 0 saturated carbocycles. The zero-order chi connectivity index (χ0) is 45.0. The number of para-hydroxylation sites is 4. The third-order valence-electron chi connectivity index (χ3n) is 14.5. The molecule has 0 aliphatic heterocycles. The number of fused-ring (bicyclic) bond motifs is 13. The van der Waals surface area contributed by atoms with Crippen LogP contribution in [0.5, 0.6) is 0 Å². The normalized spacial score (nSPS) is 13.0. The van der Waals surface area contributed by atoms with E-state index >= 15 is 0 Å². The monoisotopic (exact) mass is 864 g/mol. The maximum Gasteiger partial charge on any atom is 0.159 e. The third-order valence-corrected chi connectivity index (χ3v) is 14.5. The zero-order valence-corrected chi connectivity index (χ0v) is 38.1. The van der Waals surface area contributed by atoms with Gasteiger partial charge in [0, 0.05) is 49.7 Å². The number of benzene rings is 10. The fourth-order valence-electron chi connectivity index (χ4n) is 11.3. The van der Waals surface area contributed by atoms with E-state index in [9.17, 15) is 0 Å². The number of nitrogens with zero attached hydrogens (tertiary/aromatic N) is 2. The zero-order valence-electron chi connectivity index (χ0n) is 38.1. The van der Waals surface area contributed by atoms with Gasteiger partial charge < -0.3 is 18.6 Å². The van der Waals surface area contributed by atoms with E-state index in [1.165, 1.54) is 54.9 Å². The van der Waals surface area contributed by atoms with Crippen LogP contribution in [-0.4, -0.2) is 0 Å². The van der Waals surface area contributed by atoms with Gasteiger partial charge in [-0.1, -0.05) is 149 Å². The summed E-state index contributed by atoms with van der Waals surface area (Å²) >= 11 is 0. The number of furan rings is 2. The number of aryl methyl sites for hydroxylation is 2. The smallest absolute Gasteiger partial charge is 0.159 e. The minimum atomic E-state index is -0.266. The Hall–Kier alpha value is -8.08. The van der Waals surface area contributed by atoms with Gasteiger partial charge in [-0.3, -0.25) is 0 Å². The fourth-order valence-corrected chi connectivity index (χ4v) is 11.3. The lowest BCUT2D eigenvalue weighted by atomic mass is 9.78. The van der Waals surface area contributed by atoms with Gasteiger partial charge in [0.2, 0.25) is 0 Å². The van der Waals surface area contributed by atoms with Gasteiger partial charge in [-0.15, -0.1) is 0 Å². The molecule has 12 aromatic rings. The van der Waals surface area contributed by atoms with Gasteiger partial charge >= 0.3 is 0 Å². The first-order chi connectivity index (χ1) is 32.9. The number of hydrogen-bond donors (Lipinski definition) is 0. The molecular weight excluding hydrogens is 817 g/mol. The second-order valence-electron chi connectivity index (χ2n) is 18.6. The SMILES string of the molecule is CCc1ccc(N(c2ccc3c4c(ccc3c2)-c2ccc3cc(N(c5ccc(CC)cc5)c5cccc6c5oc5ccccc56)ccc3c2C4(C)C)c2cccc3c2oc2ccccc23)cc1. The first-order valence-corrected chi connectivity index (χ1v) is 23.6. The second kappa shape index (κ2) is 15.0. The predicted octanol–water partition coefficient (Wildman–Crippen LogP) is 18.2. The summed E-state index contributed by atoms with van der Waals surface area (Å²) in [6, 6.07) is 70.9. The minimum Gasteiger partial charge on any atom is -0.454 e. The Labute approximate surface area is 389 Å². The quantitative estimate of drug-likeness (QED) is 0.152. The fraction of sp³-hybridized carbons (Fsp3) is 0.111. The lowest BCUT2D eigenvalue weighted by Gasteiger charge is -2.28. The molecule has 0 unspecified atom stereocenters. The van der Waals surface area contributed by atoms with Crippen LogP contribution in [0.25, 0.3) is 76.5 Å². The maximum atomic E-state index is 6.65. The average molecular weight is 865 g/mol. The van der Waals surface area contributed by atoms with Crippen molar-refractivity contribution in [3.8, 4) is 11.1 Å². The summed E-state index contributed by atoms with van der Waals surface area (Å²) in [5.74, 6) is 0. The van der Waals surface area contributed by atoms with E-state index in [2.05, 4.69) is 219 Å². The molecule has 0 bridgehead atoms. The maximum absolute atomic E-state index is 6.65. The van der Waals surface area contributed by atoms with E-state index in [0.717, 1.165) is 90.8 Å². The van der Waals surface area contributed by atoms with E-state index in [0.29, 0.717) is 0 Å². The van der Waals surface area contributed by atoms with Gasteiger partial charge in [0.05, 0.1) is 11.4 Å². The molecule has 2 heterocycles. The molecule has 0 amide bonds. The molecule has 1 aliphatic rings. The number of anilines is 6. The standard InChI is InChI=1S/C63H48N2O2/c1-5-39-21-27-43(28-22-39)64(55-17-11-15-53-49-13-7-9-19-57(49)66-61(53)55)45-31-35-47-41(37-45)25-33-51-52-34-26-42-38-46(32-36-48(42)60(52)63(3,4)59(47)51)65(44-29-23-40(6-2)24-30-44)56-18-12-16-54-50-14-8-10-20-58(50)67-62(54)56/h7-38H,5-6H2,1-4H3. The van der Waals surface area contributed by atoms with Gasteiger partial charge in [0.25, 0.3) is 0 Å². The Balaban J connectivity index is 0.934. The lowest BCUT2D eigenvalue weighted by Crippen LogP contribution is -2.16. The van der Waals surface area contributed by atoms with Crippen LogP contribution in [0.2, 0.25) is 0 Å². The van der Waals surface area contributed by atoms with Crippen molar-refractivity contribution in [2.75, 3.05) is 9.80 Å². The highest BCUT2D eigenvalue weighted by Crippen LogP contribution is 2.55. The average Bonchev–Trinajstić information content (AvgIpc) is 4.03. The van der Waals surface area contributed by atoms with Crippen LogP contribution in [0, 0.1) is 0 Å². The molecule has 13 rings (SSSR count). The molecule has 10 aromatic carbocycles. The van der Waals surface area contributed by atoms with Crippen LogP contribution in [0.1, 0.15) is 49.9 Å². The largest absolute Gasteiger partial charge is 0.454 e. The highest BCUT2D eigenvalue weighted by molar-refractivity contribution is 6.12. The van der Waals surface area contributed by atoms with Gasteiger partial charge in [0.1, 0.15) is 11.2 Å². The lowest BCUT2D eigenvalue weighted by molar-refractivity contribution is 0.668. The van der Waals surface area contributed by atoms with Crippen molar-refractivity contribution in [1.29, 1.82) is 0 Å². The number of hydrogen-bond acceptors (Lipinski definition) is 4. The molecular formula is C63H48N2O2. The Morgan fingerprint density at radius 1 is 0.373 bits per heavy atom. The Bertz CT molecular complexity index is 3670. The van der Waals surface area contributed by atoms with E-state index < -0.39 is 0 Å². The summed E-state index contributed by atoms with van der Waals surface area (Å²) in [5.41, 5.74) is 17.6. The molecule has 67 heavy (non-hydrogen) atoms. The van der Waals surface area contributed by atoms with Crippen molar-refractivity contribution in [3.63, 3.8) is 0 Å². The second-order valence-corrected chi connectivity index (χ2v) is 18.6. The van der Waals surface area contributed by atoms with Crippen molar-refractivity contribution in [3.05, 3.63) is 216 Å². The molecule has 322 valence electrons. The van der Waals surface area contributed by atoms with Crippen molar-refractivity contribution in [2.45, 2.75) is 46.0 Å². The van der Waals surface area contributed by atoms with Crippen molar-refractivity contribution < 1.29 is 8.83 Å². The molecule has 4 nitrogen and oxygen atoms in total. The topological polar surface area (TPSA) is 32.8 Å². The molecule has 0 saturated heterocycles. The summed E-state index contributed by atoms with van der Waals surface area (Å²) in [6.07, 6.45) is 1.98. The van der Waals surface area contributed by atoms with Gasteiger partial charge in [-0.25, -0.2) is 0 Å². The van der Waals surface area contributed by atoms with Gasteiger partial charge in [0.15, 0.2) is 11.2 Å². The Kier molecular flexibility index (Phi) is 8.79. The van der Waals surface area contributed by atoms with Gasteiger partial charge in [-0.05, 0) is 141 Å². The molecule has 2 aromatic heterocycles. The van der Waals surface area contributed by atoms with Crippen LogP contribution >= 0.6 is 0 Å². The highest BCUT2D eigenvalue weighted by atomic mass is 16.3. The summed E-state index contributed by atoms with van der Waals surface area (Å²) in [4.78, 5) is 4.72. The van der Waals surface area contributed by atoms with E-state index in [1.807, 2.05) is 12.1 Å². The first-order valence-electron chi connectivity index (χ1n) is 23.6. The van der Waals surface area contributed by atoms with Crippen LogP contribution in [0.15, 0.2) is 203 Å². The van der Waals surface area contributed by atoms with Crippen molar-refractivity contribution in [1.82, 2.24) is 0 Å². The van der Waals surface area contributed by atoms with Crippen LogP contribution in [-0.2, 0) is 18.3 Å². The summed E-state index contributed by atoms with van der Waals surface area (Å²) in [5, 5.41) is 9.44. The van der Waals surface area contributed by atoms with Crippen LogP contribution < -0.4 is 9.80 Å². The summed E-state index contributed by atoms with van der Waals surface area (Å²) < 4.78 is 13.3. The predicted molar refractivity (Wildman–Crippen MR) is 282 cm³/mol. The van der Waals surface area contributed by atoms with Crippen molar-refractivity contribution in [2.24, 2.45) is 0 Å². The highest BCUT2D eigenvalue weighted by Gasteiger charge is 2.38. The number of rotatable bonds is 8. The summed E-state index contributed by atoms with van der Waals surface area (Å²) in [6.45, 7) is 9.23. The van der Waals surface area contributed by atoms with Crippen LogP contribution in [0.4, 0.5) is 34.1 Å². The molecule has 0 atom stereocenters. The molecule has 4 heteroatoms. The van der Waals surface area contributed by atoms with Gasteiger partial charge in [-0.2, -0.15) is 0 Å². The van der Waals surface area contributed by atoms with E-state index in [-0.39, 0.29) is 5.41 Å². The van der Waals surface area contributed by atoms with E-state index in [4.69, 9.17) is 8.83 Å². The Morgan fingerprint density at radius 3 is 1.21 bits per heavy atom. The Morgan fingerprint density at radius 2 is 0.776 bits per heavy atom. The van der Waals surface area contributed by atoms with Crippen LogP contribution in [0.3, 0.4) is 0 Å². The molecule has 0 spiro atoms. The van der Waals surface area contributed by atoms with Crippen molar-refractivity contribution >= 4 is 99.5 Å². The third kappa shape index (κ3) is 5.99. The minimum absolute atomic E-state index is 0.266. The first kappa shape index (κ1) is 39.3. The molecule has 1 aliphatic carbocycles. The van der Waals surface area contributed by atoms with E-state index in [1.54, 1.807) is 0 Å². The molecule has 0 fully saturated rings. The molecule has 0 N–H and O–H groups in total. The molecule has 0 radical (unpaired) electrons.